The molecule has 0 aromatic heterocycles. The first-order chi connectivity index (χ1) is 15.7. The van der Waals surface area contributed by atoms with Gasteiger partial charge in [0.25, 0.3) is 5.91 Å². The molecule has 7 heteroatoms. The largest absolute Gasteiger partial charge is 0.461 e. The van der Waals surface area contributed by atoms with Crippen LogP contribution in [-0.2, 0) is 30.4 Å². The molecule has 0 heterocycles. The van der Waals surface area contributed by atoms with Gasteiger partial charge in [-0.25, -0.2) is 10.3 Å². The molecule has 33 heavy (non-hydrogen) atoms. The molecule has 1 unspecified atom stereocenters. The number of rotatable bonds is 13. The zero-order valence-corrected chi connectivity index (χ0v) is 20.7. The Morgan fingerprint density at radius 2 is 1.82 bits per heavy atom. The first-order valence-electron chi connectivity index (χ1n) is 12.0. The first kappa shape index (κ1) is 27.0. The standard InChI is InChI=1S/C26H40N2O5/c1-6-26(5,25(30)32-23-9-7-8-10-23)27-17-22-13-11-21(12-14-22)15-16-24(29)28-33-20(4)31-18-19(2)3/h11-16,19-20,23,27H,6-10,17-18H2,1-5H3,(H,28,29)/t20?,26-/m1/s1. The van der Waals surface area contributed by atoms with E-state index in [-0.39, 0.29) is 18.0 Å². The number of carbonyl (C=O) groups is 2. The average molecular weight is 461 g/mol. The minimum Gasteiger partial charge on any atom is -0.461 e. The Bertz CT molecular complexity index is 771. The summed E-state index contributed by atoms with van der Waals surface area (Å²) in [6, 6.07) is 7.80. The molecule has 2 rings (SSSR count). The van der Waals surface area contributed by atoms with Crippen molar-refractivity contribution in [3.8, 4) is 0 Å². The fourth-order valence-electron chi connectivity index (χ4n) is 3.38. The van der Waals surface area contributed by atoms with Gasteiger partial charge in [0, 0.05) is 12.6 Å². The molecular weight excluding hydrogens is 420 g/mol. The molecule has 1 saturated carbocycles. The smallest absolute Gasteiger partial charge is 0.326 e. The van der Waals surface area contributed by atoms with Gasteiger partial charge >= 0.3 is 5.97 Å². The SMILES string of the molecule is CC[C@@](C)(NCc1ccc(C=CC(=O)NOC(C)OCC(C)C)cc1)C(=O)OC1CCCC1. The Kier molecular flexibility index (Phi) is 11.0. The summed E-state index contributed by atoms with van der Waals surface area (Å²) in [5.41, 5.74) is 3.58. The van der Waals surface area contributed by atoms with Crippen LogP contribution in [0.15, 0.2) is 30.3 Å². The predicted octanol–water partition coefficient (Wildman–Crippen LogP) is 4.51. The second kappa shape index (κ2) is 13.5. The maximum absolute atomic E-state index is 12.7. The fraction of sp³-hybridized carbons (Fsp3) is 0.615. The summed E-state index contributed by atoms with van der Waals surface area (Å²) in [7, 11) is 0. The Morgan fingerprint density at radius 1 is 1.15 bits per heavy atom. The molecule has 2 N–H and O–H groups in total. The molecule has 1 aliphatic carbocycles. The monoisotopic (exact) mass is 460 g/mol. The van der Waals surface area contributed by atoms with Gasteiger partial charge in [0.1, 0.15) is 11.6 Å². The topological polar surface area (TPSA) is 85.9 Å². The molecule has 184 valence electrons. The van der Waals surface area contributed by atoms with E-state index in [4.69, 9.17) is 14.3 Å². The van der Waals surface area contributed by atoms with Gasteiger partial charge < -0.3 is 9.47 Å². The third-order valence-electron chi connectivity index (χ3n) is 5.81. The highest BCUT2D eigenvalue weighted by Gasteiger charge is 2.34. The first-order valence-corrected chi connectivity index (χ1v) is 12.0. The van der Waals surface area contributed by atoms with Crippen LogP contribution < -0.4 is 10.8 Å². The molecule has 7 nitrogen and oxygen atoms in total. The number of ether oxygens (including phenoxy) is 2. The maximum Gasteiger partial charge on any atom is 0.326 e. The zero-order valence-electron chi connectivity index (χ0n) is 20.7. The summed E-state index contributed by atoms with van der Waals surface area (Å²) < 4.78 is 11.2. The van der Waals surface area contributed by atoms with E-state index >= 15 is 0 Å². The van der Waals surface area contributed by atoms with Crippen molar-refractivity contribution in [3.63, 3.8) is 0 Å². The molecule has 1 fully saturated rings. The van der Waals surface area contributed by atoms with E-state index in [9.17, 15) is 9.59 Å². The lowest BCUT2D eigenvalue weighted by atomic mass is 9.98. The Balaban J connectivity index is 1.79. The van der Waals surface area contributed by atoms with Gasteiger partial charge in [0.2, 0.25) is 0 Å². The summed E-state index contributed by atoms with van der Waals surface area (Å²) in [4.78, 5) is 29.8. The van der Waals surface area contributed by atoms with Crippen molar-refractivity contribution in [2.45, 2.75) is 91.2 Å². The van der Waals surface area contributed by atoms with E-state index < -0.39 is 11.8 Å². The minimum atomic E-state index is -0.713. The predicted molar refractivity (Wildman–Crippen MR) is 129 cm³/mol. The lowest BCUT2D eigenvalue weighted by Crippen LogP contribution is -2.50. The van der Waals surface area contributed by atoms with E-state index in [1.807, 2.05) is 52.0 Å². The van der Waals surface area contributed by atoms with Crippen LogP contribution in [0.2, 0.25) is 0 Å². The van der Waals surface area contributed by atoms with Gasteiger partial charge in [-0.3, -0.25) is 14.9 Å². The van der Waals surface area contributed by atoms with Gasteiger partial charge in [0.15, 0.2) is 6.29 Å². The molecular formula is C26H40N2O5. The summed E-state index contributed by atoms with van der Waals surface area (Å²) in [6.07, 6.45) is 7.53. The van der Waals surface area contributed by atoms with E-state index in [0.29, 0.717) is 25.5 Å². The van der Waals surface area contributed by atoms with Gasteiger partial charge in [-0.1, -0.05) is 45.0 Å². The highest BCUT2D eigenvalue weighted by molar-refractivity contribution is 5.90. The second-order valence-corrected chi connectivity index (χ2v) is 9.30. The van der Waals surface area contributed by atoms with Gasteiger partial charge in [0.05, 0.1) is 6.61 Å². The summed E-state index contributed by atoms with van der Waals surface area (Å²) in [5.74, 6) is -0.139. The Labute approximate surface area is 198 Å². The van der Waals surface area contributed by atoms with Crippen LogP contribution in [0.1, 0.15) is 77.8 Å². The molecule has 0 radical (unpaired) electrons. The van der Waals surface area contributed by atoms with Crippen molar-refractivity contribution in [1.29, 1.82) is 0 Å². The second-order valence-electron chi connectivity index (χ2n) is 9.30. The van der Waals surface area contributed by atoms with Gasteiger partial charge in [-0.2, -0.15) is 0 Å². The number of hydrogen-bond donors (Lipinski definition) is 2. The lowest BCUT2D eigenvalue weighted by Gasteiger charge is -2.29. The number of carbonyl (C=O) groups excluding carboxylic acids is 2. The molecule has 1 amide bonds. The normalized spacial score (nSPS) is 17.3. The number of hydroxylamine groups is 1. The quantitative estimate of drug-likeness (QED) is 0.195. The van der Waals surface area contributed by atoms with Gasteiger partial charge in [-0.05, 0) is 69.1 Å². The van der Waals surface area contributed by atoms with Crippen molar-refractivity contribution in [1.82, 2.24) is 10.8 Å². The Morgan fingerprint density at radius 3 is 2.42 bits per heavy atom. The highest BCUT2D eigenvalue weighted by Crippen LogP contribution is 2.24. The molecule has 0 saturated heterocycles. The third-order valence-corrected chi connectivity index (χ3v) is 5.81. The maximum atomic E-state index is 12.7. The number of esters is 1. The summed E-state index contributed by atoms with van der Waals surface area (Å²) >= 11 is 0. The number of hydrogen-bond acceptors (Lipinski definition) is 6. The number of benzene rings is 1. The van der Waals surface area contributed by atoms with Crippen molar-refractivity contribution >= 4 is 18.0 Å². The van der Waals surface area contributed by atoms with Crippen LogP contribution in [0.25, 0.3) is 6.08 Å². The molecule has 2 atom stereocenters. The average Bonchev–Trinajstić information content (AvgIpc) is 3.32. The van der Waals surface area contributed by atoms with E-state index in [1.54, 1.807) is 13.0 Å². The van der Waals surface area contributed by atoms with Gasteiger partial charge in [-0.15, -0.1) is 0 Å². The van der Waals surface area contributed by atoms with Crippen LogP contribution in [-0.4, -0.2) is 36.4 Å². The van der Waals surface area contributed by atoms with Crippen molar-refractivity contribution in [2.24, 2.45) is 5.92 Å². The van der Waals surface area contributed by atoms with Crippen LogP contribution in [0.4, 0.5) is 0 Å². The molecule has 1 aliphatic rings. The van der Waals surface area contributed by atoms with Crippen LogP contribution in [0.5, 0.6) is 0 Å². The molecule has 1 aromatic carbocycles. The molecule has 0 bridgehead atoms. The number of nitrogens with one attached hydrogen (secondary N) is 2. The minimum absolute atomic E-state index is 0.0645. The summed E-state index contributed by atoms with van der Waals surface area (Å²) in [6.45, 7) is 10.8. The summed E-state index contributed by atoms with van der Waals surface area (Å²) in [5, 5.41) is 3.36. The van der Waals surface area contributed by atoms with Crippen molar-refractivity contribution < 1.29 is 23.9 Å². The van der Waals surface area contributed by atoms with E-state index in [0.717, 1.165) is 36.8 Å². The van der Waals surface area contributed by atoms with Crippen molar-refractivity contribution in [3.05, 3.63) is 41.5 Å². The zero-order chi connectivity index (χ0) is 24.3. The number of amides is 1. The highest BCUT2D eigenvalue weighted by atomic mass is 16.8. The van der Waals surface area contributed by atoms with Crippen LogP contribution in [0, 0.1) is 5.92 Å². The Hall–Kier alpha value is -2.22. The van der Waals surface area contributed by atoms with Crippen molar-refractivity contribution in [2.75, 3.05) is 6.61 Å². The van der Waals surface area contributed by atoms with E-state index in [2.05, 4.69) is 10.8 Å². The molecule has 1 aromatic rings. The fourth-order valence-corrected chi connectivity index (χ4v) is 3.38. The lowest BCUT2D eigenvalue weighted by molar-refractivity contribution is -0.180. The van der Waals surface area contributed by atoms with E-state index in [1.165, 1.54) is 6.08 Å². The third kappa shape index (κ3) is 9.66. The molecule has 0 spiro atoms. The van der Waals surface area contributed by atoms with Crippen LogP contribution in [0.3, 0.4) is 0 Å². The van der Waals surface area contributed by atoms with Crippen LogP contribution >= 0.6 is 0 Å². The molecule has 0 aliphatic heterocycles.